The second-order valence-corrected chi connectivity index (χ2v) is 12.7. The van der Waals surface area contributed by atoms with Crippen molar-refractivity contribution in [1.82, 2.24) is 25.3 Å². The molecule has 15 nitrogen and oxygen atoms in total. The van der Waals surface area contributed by atoms with Gasteiger partial charge in [0.2, 0.25) is 11.8 Å². The van der Waals surface area contributed by atoms with Gasteiger partial charge in [-0.3, -0.25) is 28.9 Å². The average Bonchev–Trinajstić information content (AvgIpc) is 3.54. The lowest BCUT2D eigenvalue weighted by atomic mass is 9.87. The molecule has 2 spiro atoms. The Bertz CT molecular complexity index is 1250. The largest absolute Gasteiger partial charge is 0.480 e. The number of rotatable bonds is 2. The highest BCUT2D eigenvalue weighted by molar-refractivity contribution is 6.07. The van der Waals surface area contributed by atoms with Crippen molar-refractivity contribution in [2.75, 3.05) is 26.7 Å². The SMILES string of the molecule is COC(=O)[C@]1(C)CC2C(=O)N[C@]3(C[C@H]4C(=O)N[C@]5(C[C@@H](C(=O)O)N(C(=O)OC(C)(C)C)C5)C(=O)N4C3)C(=O)N2C1. The number of nitrogens with zero attached hydrogens (tertiary/aromatic N) is 3. The van der Waals surface area contributed by atoms with Crippen LogP contribution < -0.4 is 10.6 Å². The molecule has 218 valence electrons. The van der Waals surface area contributed by atoms with Gasteiger partial charge in [0.1, 0.15) is 34.8 Å². The van der Waals surface area contributed by atoms with Gasteiger partial charge in [0, 0.05) is 19.4 Å². The number of carbonyl (C=O) groups excluding carboxylic acids is 6. The van der Waals surface area contributed by atoms with E-state index in [9.17, 15) is 38.7 Å². The number of likely N-dealkylation sites (tertiary alicyclic amines) is 1. The zero-order valence-corrected chi connectivity index (χ0v) is 22.9. The first kappa shape index (κ1) is 27.6. The molecule has 0 aromatic heterocycles. The maximum Gasteiger partial charge on any atom is 0.411 e. The zero-order chi connectivity index (χ0) is 29.6. The molecular formula is C25H33N5O10. The summed E-state index contributed by atoms with van der Waals surface area (Å²) in [5.41, 5.74) is -5.38. The van der Waals surface area contributed by atoms with Crippen molar-refractivity contribution in [3.8, 4) is 0 Å². The number of carboxylic acid groups (broad SMARTS) is 1. The second kappa shape index (κ2) is 8.54. The number of esters is 1. The molecule has 6 atom stereocenters. The van der Waals surface area contributed by atoms with E-state index in [1.807, 2.05) is 0 Å². The summed E-state index contributed by atoms with van der Waals surface area (Å²) >= 11 is 0. The number of aliphatic carboxylic acids is 1. The molecule has 0 aliphatic carbocycles. The van der Waals surface area contributed by atoms with E-state index >= 15 is 0 Å². The minimum absolute atomic E-state index is 0.0573. The van der Waals surface area contributed by atoms with Gasteiger partial charge in [-0.1, -0.05) is 0 Å². The molecule has 15 heteroatoms. The van der Waals surface area contributed by atoms with Gasteiger partial charge in [-0.15, -0.1) is 0 Å². The summed E-state index contributed by atoms with van der Waals surface area (Å²) in [5.74, 6) is -4.22. The first-order chi connectivity index (χ1) is 18.5. The maximum atomic E-state index is 13.9. The Morgan fingerprint density at radius 1 is 0.875 bits per heavy atom. The third-order valence-corrected chi connectivity index (χ3v) is 8.52. The standard InChI is InChI=1S/C25H33N5O10/c1-22(2,3)40-21(38)30-11-25(8-14(30)17(33)34)19(36)29-10-24(7-13(29)16(32)27-25)18(35)28-9-23(4,20(37)39-5)6-12(28)15(31)26-24/h12-14H,6-11H2,1-5H3,(H,26,31)(H,27,32)(H,33,34)/t12?,13-,14-,23+,24-,25-/m0/s1. The number of piperazine rings is 2. The molecule has 5 amide bonds. The van der Waals surface area contributed by atoms with Crippen molar-refractivity contribution in [2.24, 2.45) is 5.41 Å². The summed E-state index contributed by atoms with van der Waals surface area (Å²) in [7, 11) is 1.23. The lowest BCUT2D eigenvalue weighted by molar-refractivity contribution is -0.154. The molecule has 5 aliphatic rings. The number of hydrogen-bond donors (Lipinski definition) is 3. The van der Waals surface area contributed by atoms with Gasteiger partial charge in [0.05, 0.1) is 25.6 Å². The molecule has 5 fully saturated rings. The Morgan fingerprint density at radius 3 is 1.93 bits per heavy atom. The summed E-state index contributed by atoms with van der Waals surface area (Å²) in [6.07, 6.45) is -1.46. The van der Waals surface area contributed by atoms with Crippen LogP contribution in [0.4, 0.5) is 4.79 Å². The highest BCUT2D eigenvalue weighted by Gasteiger charge is 2.67. The number of nitrogens with one attached hydrogen (secondary N) is 2. The first-order valence-electron chi connectivity index (χ1n) is 13.0. The van der Waals surface area contributed by atoms with Crippen molar-refractivity contribution < 1.29 is 48.1 Å². The minimum Gasteiger partial charge on any atom is -0.480 e. The molecule has 5 saturated heterocycles. The Labute approximate surface area is 229 Å². The second-order valence-electron chi connectivity index (χ2n) is 12.7. The molecule has 0 aromatic carbocycles. The molecule has 0 saturated carbocycles. The van der Waals surface area contributed by atoms with Crippen LogP contribution in [0.25, 0.3) is 0 Å². The van der Waals surface area contributed by atoms with Crippen LogP contribution in [-0.4, -0.2) is 123 Å². The molecule has 0 aromatic rings. The molecule has 40 heavy (non-hydrogen) atoms. The van der Waals surface area contributed by atoms with Gasteiger partial charge in [0.25, 0.3) is 11.8 Å². The van der Waals surface area contributed by atoms with Gasteiger partial charge in [-0.25, -0.2) is 9.59 Å². The predicted octanol–water partition coefficient (Wildman–Crippen LogP) is -1.80. The summed E-state index contributed by atoms with van der Waals surface area (Å²) in [5, 5.41) is 15.2. The molecule has 5 aliphatic heterocycles. The average molecular weight is 564 g/mol. The van der Waals surface area contributed by atoms with E-state index in [4.69, 9.17) is 9.47 Å². The van der Waals surface area contributed by atoms with Crippen LogP contribution in [0.3, 0.4) is 0 Å². The fourth-order valence-corrected chi connectivity index (χ4v) is 6.71. The Kier molecular flexibility index (Phi) is 5.91. The third kappa shape index (κ3) is 3.96. The number of carbonyl (C=O) groups is 7. The topological polar surface area (TPSA) is 192 Å². The minimum atomic E-state index is -1.75. The van der Waals surface area contributed by atoms with Gasteiger partial charge in [-0.2, -0.15) is 0 Å². The normalized spacial score (nSPS) is 36.9. The van der Waals surface area contributed by atoms with Crippen molar-refractivity contribution >= 4 is 41.7 Å². The molecule has 1 unspecified atom stereocenters. The molecule has 0 radical (unpaired) electrons. The fraction of sp³-hybridized carbons (Fsp3) is 0.720. The van der Waals surface area contributed by atoms with Crippen molar-refractivity contribution in [3.05, 3.63) is 0 Å². The first-order valence-corrected chi connectivity index (χ1v) is 13.0. The van der Waals surface area contributed by atoms with E-state index in [2.05, 4.69) is 10.6 Å². The molecule has 5 heterocycles. The van der Waals surface area contributed by atoms with Crippen LogP contribution in [0.1, 0.15) is 47.0 Å². The van der Waals surface area contributed by atoms with E-state index in [-0.39, 0.29) is 25.9 Å². The van der Waals surface area contributed by atoms with Crippen LogP contribution in [0.2, 0.25) is 0 Å². The van der Waals surface area contributed by atoms with E-state index in [1.54, 1.807) is 27.7 Å². The van der Waals surface area contributed by atoms with Crippen molar-refractivity contribution in [1.29, 1.82) is 0 Å². The lowest BCUT2D eigenvalue weighted by Gasteiger charge is -2.42. The zero-order valence-electron chi connectivity index (χ0n) is 22.9. The monoisotopic (exact) mass is 563 g/mol. The van der Waals surface area contributed by atoms with Crippen LogP contribution in [0, 0.1) is 5.41 Å². The summed E-state index contributed by atoms with van der Waals surface area (Å²) in [6, 6.07) is -3.44. The number of fused-ring (bicyclic) bond motifs is 2. The lowest BCUT2D eigenvalue weighted by Crippen LogP contribution is -2.71. The maximum absolute atomic E-state index is 13.9. The van der Waals surface area contributed by atoms with Crippen LogP contribution >= 0.6 is 0 Å². The number of carboxylic acids is 1. The van der Waals surface area contributed by atoms with Gasteiger partial charge < -0.3 is 35.0 Å². The van der Waals surface area contributed by atoms with Crippen LogP contribution in [0.15, 0.2) is 0 Å². The Balaban J connectivity index is 1.42. The highest BCUT2D eigenvalue weighted by atomic mass is 16.6. The van der Waals surface area contributed by atoms with Crippen molar-refractivity contribution in [3.63, 3.8) is 0 Å². The van der Waals surface area contributed by atoms with E-state index in [0.29, 0.717) is 0 Å². The predicted molar refractivity (Wildman–Crippen MR) is 131 cm³/mol. The smallest absolute Gasteiger partial charge is 0.411 e. The van der Waals surface area contributed by atoms with Gasteiger partial charge >= 0.3 is 18.0 Å². The molecule has 3 N–H and O–H groups in total. The number of hydrogen-bond acceptors (Lipinski definition) is 9. The Hall–Kier alpha value is -3.91. The summed E-state index contributed by atoms with van der Waals surface area (Å²) in [6.45, 7) is 5.63. The van der Waals surface area contributed by atoms with Crippen LogP contribution in [-0.2, 0) is 38.2 Å². The highest BCUT2D eigenvalue weighted by Crippen LogP contribution is 2.44. The fourth-order valence-electron chi connectivity index (χ4n) is 6.71. The number of ether oxygens (including phenoxy) is 2. The molecule has 5 rings (SSSR count). The third-order valence-electron chi connectivity index (χ3n) is 8.52. The quantitative estimate of drug-likeness (QED) is 0.323. The van der Waals surface area contributed by atoms with Gasteiger partial charge in [0.15, 0.2) is 0 Å². The van der Waals surface area contributed by atoms with Crippen LogP contribution in [0.5, 0.6) is 0 Å². The van der Waals surface area contributed by atoms with Gasteiger partial charge in [-0.05, 0) is 34.1 Å². The summed E-state index contributed by atoms with van der Waals surface area (Å²) < 4.78 is 10.2. The number of amides is 5. The molecular weight excluding hydrogens is 530 g/mol. The van der Waals surface area contributed by atoms with E-state index in [0.717, 1.165) is 4.90 Å². The van der Waals surface area contributed by atoms with E-state index in [1.165, 1.54) is 16.9 Å². The summed E-state index contributed by atoms with van der Waals surface area (Å²) in [4.78, 5) is 94.9. The number of methoxy groups -OCH3 is 1. The van der Waals surface area contributed by atoms with Crippen molar-refractivity contribution in [2.45, 2.75) is 81.8 Å². The molecule has 0 bridgehead atoms. The van der Waals surface area contributed by atoms with E-state index < -0.39 is 94.8 Å². The Morgan fingerprint density at radius 2 is 1.40 bits per heavy atom.